The van der Waals surface area contributed by atoms with Gasteiger partial charge in [0.2, 0.25) is 0 Å². The number of amides is 1. The zero-order valence-electron chi connectivity index (χ0n) is 13.9. The zero-order chi connectivity index (χ0) is 17.1. The molecule has 1 unspecified atom stereocenters. The topological polar surface area (TPSA) is 71.8 Å². The van der Waals surface area contributed by atoms with Crippen molar-refractivity contribution in [1.29, 1.82) is 0 Å². The van der Waals surface area contributed by atoms with Crippen molar-refractivity contribution in [1.82, 2.24) is 25.6 Å². The highest BCUT2D eigenvalue weighted by Gasteiger charge is 2.24. The molecule has 2 aromatic rings. The molecule has 0 aliphatic carbocycles. The van der Waals surface area contributed by atoms with Crippen LogP contribution in [-0.4, -0.2) is 34.0 Å². The third-order valence-electron chi connectivity index (χ3n) is 4.52. The Hall–Kier alpha value is -1.92. The molecule has 0 bridgehead atoms. The van der Waals surface area contributed by atoms with Crippen LogP contribution in [0, 0.1) is 6.92 Å². The van der Waals surface area contributed by atoms with Crippen molar-refractivity contribution in [3.05, 3.63) is 46.2 Å². The number of nitrogens with one attached hydrogen (secondary N) is 2. The number of hydrogen-bond acceptors (Lipinski definition) is 4. The first-order valence-corrected chi connectivity index (χ1v) is 8.63. The van der Waals surface area contributed by atoms with Gasteiger partial charge in [0, 0.05) is 5.02 Å². The molecule has 2 heterocycles. The molecule has 0 saturated carbocycles. The number of benzene rings is 1. The lowest BCUT2D eigenvalue weighted by Crippen LogP contribution is -2.31. The second-order valence-corrected chi connectivity index (χ2v) is 6.57. The van der Waals surface area contributed by atoms with Gasteiger partial charge in [-0.15, -0.1) is 5.10 Å². The largest absolute Gasteiger partial charge is 0.344 e. The molecule has 1 aliphatic heterocycles. The molecule has 24 heavy (non-hydrogen) atoms. The molecule has 1 aromatic carbocycles. The van der Waals surface area contributed by atoms with E-state index in [1.165, 1.54) is 0 Å². The van der Waals surface area contributed by atoms with E-state index in [9.17, 15) is 4.79 Å². The van der Waals surface area contributed by atoms with Crippen molar-refractivity contribution in [3.8, 4) is 0 Å². The zero-order valence-corrected chi connectivity index (χ0v) is 14.7. The minimum absolute atomic E-state index is 0.199. The second kappa shape index (κ2) is 7.32. The van der Waals surface area contributed by atoms with Crippen LogP contribution in [0.4, 0.5) is 0 Å². The van der Waals surface area contributed by atoms with Gasteiger partial charge in [-0.1, -0.05) is 35.0 Å². The van der Waals surface area contributed by atoms with E-state index in [2.05, 4.69) is 20.9 Å². The van der Waals surface area contributed by atoms with Crippen molar-refractivity contribution in [2.45, 2.75) is 38.8 Å². The van der Waals surface area contributed by atoms with Crippen molar-refractivity contribution in [2.75, 3.05) is 13.1 Å². The first kappa shape index (κ1) is 16.9. The average molecular weight is 348 g/mol. The lowest BCUT2D eigenvalue weighted by molar-refractivity contribution is 0.0934. The molecule has 2 N–H and O–H groups in total. The Morgan fingerprint density at radius 3 is 2.79 bits per heavy atom. The number of hydrogen-bond donors (Lipinski definition) is 2. The summed E-state index contributed by atoms with van der Waals surface area (Å²) in [5.74, 6) is -0.222. The molecule has 1 saturated heterocycles. The third-order valence-corrected chi connectivity index (χ3v) is 4.86. The van der Waals surface area contributed by atoms with Gasteiger partial charge in [-0.3, -0.25) is 4.79 Å². The summed E-state index contributed by atoms with van der Waals surface area (Å²) in [6.07, 6.45) is 2.00. The molecule has 128 valence electrons. The molecule has 7 heteroatoms. The van der Waals surface area contributed by atoms with E-state index in [1.807, 2.05) is 42.8 Å². The molecule has 0 spiro atoms. The second-order valence-electron chi connectivity index (χ2n) is 6.17. The number of rotatable bonds is 4. The molecule has 3 rings (SSSR count). The van der Waals surface area contributed by atoms with Crippen LogP contribution in [0.1, 0.15) is 53.6 Å². The van der Waals surface area contributed by atoms with Gasteiger partial charge in [-0.25, -0.2) is 4.68 Å². The number of carbonyl (C=O) groups excluding carboxylic acids is 1. The van der Waals surface area contributed by atoms with E-state index in [1.54, 1.807) is 0 Å². The van der Waals surface area contributed by atoms with E-state index in [0.29, 0.717) is 16.8 Å². The van der Waals surface area contributed by atoms with E-state index in [-0.39, 0.29) is 11.9 Å². The van der Waals surface area contributed by atoms with Gasteiger partial charge >= 0.3 is 0 Å². The van der Waals surface area contributed by atoms with Gasteiger partial charge in [0.05, 0.1) is 17.8 Å². The normalized spacial score (nSPS) is 16.8. The predicted octanol–water partition coefficient (Wildman–Crippen LogP) is 2.66. The summed E-state index contributed by atoms with van der Waals surface area (Å²) in [4.78, 5) is 12.6. The maximum Gasteiger partial charge on any atom is 0.274 e. The molecular formula is C17H22ClN5O. The van der Waals surface area contributed by atoms with Gasteiger partial charge in [-0.2, -0.15) is 0 Å². The fraction of sp³-hybridized carbons (Fsp3) is 0.471. The van der Waals surface area contributed by atoms with Gasteiger partial charge < -0.3 is 10.6 Å². The first-order chi connectivity index (χ1) is 11.6. The number of aromatic nitrogens is 3. The Bertz CT molecular complexity index is 724. The average Bonchev–Trinajstić information content (AvgIpc) is 2.97. The summed E-state index contributed by atoms with van der Waals surface area (Å²) in [5.41, 5.74) is 2.08. The highest BCUT2D eigenvalue weighted by Crippen LogP contribution is 2.23. The summed E-state index contributed by atoms with van der Waals surface area (Å²) in [5, 5.41) is 15.2. The predicted molar refractivity (Wildman–Crippen MR) is 93.2 cm³/mol. The summed E-state index contributed by atoms with van der Waals surface area (Å²) in [7, 11) is 0. The Morgan fingerprint density at radius 2 is 2.08 bits per heavy atom. The van der Waals surface area contributed by atoms with Crippen molar-refractivity contribution in [2.24, 2.45) is 0 Å². The van der Waals surface area contributed by atoms with Crippen molar-refractivity contribution < 1.29 is 4.79 Å². The molecule has 1 aliphatic rings. The van der Waals surface area contributed by atoms with E-state index in [0.717, 1.165) is 37.2 Å². The van der Waals surface area contributed by atoms with Gasteiger partial charge in [0.25, 0.3) is 5.91 Å². The van der Waals surface area contributed by atoms with E-state index < -0.39 is 0 Å². The minimum atomic E-state index is -0.222. The lowest BCUT2D eigenvalue weighted by atomic mass is 10.1. The van der Waals surface area contributed by atoms with Crippen LogP contribution in [0.2, 0.25) is 5.02 Å². The smallest absolute Gasteiger partial charge is 0.274 e. The number of carbonyl (C=O) groups is 1. The highest BCUT2D eigenvalue weighted by molar-refractivity contribution is 6.31. The molecule has 1 aromatic heterocycles. The van der Waals surface area contributed by atoms with E-state index in [4.69, 9.17) is 11.6 Å². The summed E-state index contributed by atoms with van der Waals surface area (Å²) in [6.45, 7) is 5.74. The summed E-state index contributed by atoms with van der Waals surface area (Å²) in [6, 6.07) is 7.61. The Labute approximate surface area is 146 Å². The van der Waals surface area contributed by atoms with Crippen LogP contribution in [0.3, 0.4) is 0 Å². The standard InChI is InChI=1S/C17H22ClN5O/c1-11(14-5-3-4-6-15(14)18)20-17(24)16-12(2)23(22-21-16)13-7-9-19-10-8-13/h3-6,11,13,19H,7-10H2,1-2H3,(H,20,24). The molecule has 6 nitrogen and oxygen atoms in total. The Balaban J connectivity index is 1.73. The van der Waals surface area contributed by atoms with E-state index >= 15 is 0 Å². The van der Waals surface area contributed by atoms with Gasteiger partial charge in [-0.05, 0) is 51.4 Å². The molecule has 1 fully saturated rings. The van der Waals surface area contributed by atoms with Gasteiger partial charge in [0.15, 0.2) is 5.69 Å². The van der Waals surface area contributed by atoms with Crippen LogP contribution < -0.4 is 10.6 Å². The van der Waals surface area contributed by atoms with Gasteiger partial charge in [0.1, 0.15) is 0 Å². The summed E-state index contributed by atoms with van der Waals surface area (Å²) < 4.78 is 1.88. The van der Waals surface area contributed by atoms with Crippen LogP contribution in [0.25, 0.3) is 0 Å². The van der Waals surface area contributed by atoms with Crippen LogP contribution >= 0.6 is 11.6 Å². The van der Waals surface area contributed by atoms with Crippen molar-refractivity contribution >= 4 is 17.5 Å². The molecular weight excluding hydrogens is 326 g/mol. The number of nitrogens with zero attached hydrogens (tertiary/aromatic N) is 3. The quantitative estimate of drug-likeness (QED) is 0.892. The minimum Gasteiger partial charge on any atom is -0.344 e. The van der Waals surface area contributed by atoms with Crippen molar-refractivity contribution in [3.63, 3.8) is 0 Å². The Morgan fingerprint density at radius 1 is 1.38 bits per heavy atom. The highest BCUT2D eigenvalue weighted by atomic mass is 35.5. The fourth-order valence-electron chi connectivity index (χ4n) is 3.12. The Kier molecular flexibility index (Phi) is 5.16. The lowest BCUT2D eigenvalue weighted by Gasteiger charge is -2.23. The molecule has 1 amide bonds. The maximum absolute atomic E-state index is 12.6. The number of piperidine rings is 1. The van der Waals surface area contributed by atoms with Crippen LogP contribution in [0.5, 0.6) is 0 Å². The monoisotopic (exact) mass is 347 g/mol. The molecule has 0 radical (unpaired) electrons. The maximum atomic E-state index is 12.6. The third kappa shape index (κ3) is 3.44. The number of halogens is 1. The molecule has 1 atom stereocenters. The van der Waals surface area contributed by atoms with Crippen LogP contribution in [-0.2, 0) is 0 Å². The fourth-order valence-corrected chi connectivity index (χ4v) is 3.42. The first-order valence-electron chi connectivity index (χ1n) is 8.25. The SMILES string of the molecule is Cc1c(C(=O)NC(C)c2ccccc2Cl)nnn1C1CCNCC1. The summed E-state index contributed by atoms with van der Waals surface area (Å²) >= 11 is 6.20. The van der Waals surface area contributed by atoms with Crippen LogP contribution in [0.15, 0.2) is 24.3 Å².